The zero-order valence-corrected chi connectivity index (χ0v) is 12.8. The average Bonchev–Trinajstić information content (AvgIpc) is 2.97. The predicted molar refractivity (Wildman–Crippen MR) is 85.4 cm³/mol. The van der Waals surface area contributed by atoms with Crippen molar-refractivity contribution in [3.8, 4) is 0 Å². The second-order valence-corrected chi connectivity index (χ2v) is 5.99. The summed E-state index contributed by atoms with van der Waals surface area (Å²) in [5.41, 5.74) is 1.52. The smallest absolute Gasteiger partial charge is 0.253 e. The van der Waals surface area contributed by atoms with Crippen molar-refractivity contribution in [1.82, 2.24) is 5.32 Å². The summed E-state index contributed by atoms with van der Waals surface area (Å²) in [7, 11) is 1.82. The van der Waals surface area contributed by atoms with Crippen molar-refractivity contribution < 1.29 is 4.79 Å². The van der Waals surface area contributed by atoms with Gasteiger partial charge in [-0.25, -0.2) is 0 Å². The van der Waals surface area contributed by atoms with E-state index in [1.165, 1.54) is 4.88 Å². The van der Waals surface area contributed by atoms with E-state index in [2.05, 4.69) is 30.5 Å². The van der Waals surface area contributed by atoms with Crippen LogP contribution in [0.5, 0.6) is 0 Å². The highest BCUT2D eigenvalue weighted by atomic mass is 32.1. The lowest BCUT2D eigenvalue weighted by Gasteiger charge is -2.22. The van der Waals surface area contributed by atoms with Crippen molar-refractivity contribution in [3.63, 3.8) is 0 Å². The van der Waals surface area contributed by atoms with Crippen LogP contribution in [-0.4, -0.2) is 13.0 Å². The van der Waals surface area contributed by atoms with Crippen LogP contribution in [0, 0.1) is 5.92 Å². The third-order valence-electron chi connectivity index (χ3n) is 3.24. The molecule has 2 rings (SSSR count). The van der Waals surface area contributed by atoms with E-state index in [4.69, 9.17) is 0 Å². The van der Waals surface area contributed by atoms with Crippen LogP contribution >= 0.6 is 11.3 Å². The van der Waals surface area contributed by atoms with Crippen molar-refractivity contribution in [2.24, 2.45) is 5.92 Å². The summed E-state index contributed by atoms with van der Waals surface area (Å²) in [5.74, 6) is 0.307. The highest BCUT2D eigenvalue weighted by Crippen LogP contribution is 2.26. The molecule has 4 heteroatoms. The maximum Gasteiger partial charge on any atom is 0.253 e. The number of carbonyl (C=O) groups excluding carboxylic acids is 1. The lowest BCUT2D eigenvalue weighted by molar-refractivity contribution is 0.0927. The van der Waals surface area contributed by atoms with Gasteiger partial charge in [0.2, 0.25) is 0 Å². The van der Waals surface area contributed by atoms with Crippen LogP contribution in [0.15, 0.2) is 41.8 Å². The van der Waals surface area contributed by atoms with Gasteiger partial charge in [0.15, 0.2) is 0 Å². The molecule has 106 valence electrons. The molecule has 0 saturated carbocycles. The minimum atomic E-state index is -0.0398. The van der Waals surface area contributed by atoms with E-state index in [1.54, 1.807) is 11.3 Å². The van der Waals surface area contributed by atoms with Crippen LogP contribution < -0.4 is 10.6 Å². The minimum Gasteiger partial charge on any atom is -0.387 e. The normalized spacial score (nSPS) is 12.2. The van der Waals surface area contributed by atoms with E-state index in [0.717, 1.165) is 5.69 Å². The van der Waals surface area contributed by atoms with Crippen molar-refractivity contribution >= 4 is 22.9 Å². The van der Waals surface area contributed by atoms with Crippen molar-refractivity contribution in [1.29, 1.82) is 0 Å². The molecule has 0 bridgehead atoms. The zero-order valence-electron chi connectivity index (χ0n) is 12.0. The molecule has 1 amide bonds. The lowest BCUT2D eigenvalue weighted by atomic mass is 10.0. The second kappa shape index (κ2) is 6.57. The number of thiophene rings is 1. The van der Waals surface area contributed by atoms with Crippen LogP contribution in [0.4, 0.5) is 5.69 Å². The van der Waals surface area contributed by atoms with Gasteiger partial charge in [0.05, 0.1) is 11.6 Å². The maximum absolute atomic E-state index is 12.5. The van der Waals surface area contributed by atoms with E-state index < -0.39 is 0 Å². The molecule has 2 N–H and O–H groups in total. The number of rotatable bonds is 5. The fourth-order valence-electron chi connectivity index (χ4n) is 2.15. The predicted octanol–water partition coefficient (Wildman–Crippen LogP) is 3.92. The highest BCUT2D eigenvalue weighted by Gasteiger charge is 2.21. The fourth-order valence-corrected chi connectivity index (χ4v) is 3.10. The molecule has 0 aliphatic rings. The molecule has 0 aliphatic heterocycles. The molecule has 1 heterocycles. The number of amides is 1. The molecule has 0 fully saturated rings. The molecular formula is C16H20N2OS. The van der Waals surface area contributed by atoms with Gasteiger partial charge in [-0.3, -0.25) is 4.79 Å². The van der Waals surface area contributed by atoms with Gasteiger partial charge in [0, 0.05) is 17.6 Å². The Balaban J connectivity index is 2.21. The van der Waals surface area contributed by atoms with E-state index in [-0.39, 0.29) is 11.9 Å². The Labute approximate surface area is 124 Å². The third-order valence-corrected chi connectivity index (χ3v) is 4.20. The molecule has 1 aromatic heterocycles. The summed E-state index contributed by atoms with van der Waals surface area (Å²) in [6.07, 6.45) is 0. The SMILES string of the molecule is CNc1ccccc1C(=O)NC(c1cccs1)C(C)C. The number of carbonyl (C=O) groups is 1. The number of nitrogens with one attached hydrogen (secondary N) is 2. The summed E-state index contributed by atoms with van der Waals surface area (Å²) in [4.78, 5) is 13.7. The van der Waals surface area contributed by atoms with Gasteiger partial charge in [-0.05, 0) is 29.5 Å². The monoisotopic (exact) mass is 288 g/mol. The molecular weight excluding hydrogens is 268 g/mol. The first-order chi connectivity index (χ1) is 9.63. The van der Waals surface area contributed by atoms with Crippen LogP contribution in [0.25, 0.3) is 0 Å². The molecule has 1 unspecified atom stereocenters. The van der Waals surface area contributed by atoms with Gasteiger partial charge in [-0.2, -0.15) is 0 Å². The number of hydrogen-bond acceptors (Lipinski definition) is 3. The summed E-state index contributed by atoms with van der Waals surface area (Å²) in [6.45, 7) is 4.24. The van der Waals surface area contributed by atoms with Gasteiger partial charge in [0.1, 0.15) is 0 Å². The van der Waals surface area contributed by atoms with Crippen LogP contribution in [-0.2, 0) is 0 Å². The van der Waals surface area contributed by atoms with Gasteiger partial charge in [0.25, 0.3) is 5.91 Å². The molecule has 1 atom stereocenters. The summed E-state index contributed by atoms with van der Waals surface area (Å²) in [6, 6.07) is 11.7. The topological polar surface area (TPSA) is 41.1 Å². The first kappa shape index (κ1) is 14.6. The summed E-state index contributed by atoms with van der Waals surface area (Å²) >= 11 is 1.68. The molecule has 0 spiro atoms. The molecule has 0 aliphatic carbocycles. The number of para-hydroxylation sites is 1. The van der Waals surface area contributed by atoms with E-state index in [0.29, 0.717) is 11.5 Å². The number of benzene rings is 1. The van der Waals surface area contributed by atoms with Crippen molar-refractivity contribution in [2.75, 3.05) is 12.4 Å². The Morgan fingerprint density at radius 1 is 1.15 bits per heavy atom. The first-order valence-electron chi connectivity index (χ1n) is 6.74. The second-order valence-electron chi connectivity index (χ2n) is 5.01. The molecule has 20 heavy (non-hydrogen) atoms. The molecule has 3 nitrogen and oxygen atoms in total. The Morgan fingerprint density at radius 3 is 2.50 bits per heavy atom. The zero-order chi connectivity index (χ0) is 14.5. The minimum absolute atomic E-state index is 0.0398. The van der Waals surface area contributed by atoms with Gasteiger partial charge in [-0.15, -0.1) is 11.3 Å². The van der Waals surface area contributed by atoms with E-state index >= 15 is 0 Å². The summed E-state index contributed by atoms with van der Waals surface area (Å²) in [5, 5.41) is 8.24. The number of anilines is 1. The Kier molecular flexibility index (Phi) is 4.79. The molecule has 0 saturated heterocycles. The van der Waals surface area contributed by atoms with Crippen LogP contribution in [0.2, 0.25) is 0 Å². The molecule has 2 aromatic rings. The quantitative estimate of drug-likeness (QED) is 0.875. The van der Waals surface area contributed by atoms with Crippen LogP contribution in [0.3, 0.4) is 0 Å². The van der Waals surface area contributed by atoms with Crippen molar-refractivity contribution in [3.05, 3.63) is 52.2 Å². The van der Waals surface area contributed by atoms with Gasteiger partial charge < -0.3 is 10.6 Å². The van der Waals surface area contributed by atoms with Gasteiger partial charge >= 0.3 is 0 Å². The third kappa shape index (κ3) is 3.20. The Morgan fingerprint density at radius 2 is 1.90 bits per heavy atom. The van der Waals surface area contributed by atoms with Gasteiger partial charge in [-0.1, -0.05) is 32.0 Å². The largest absolute Gasteiger partial charge is 0.387 e. The Hall–Kier alpha value is -1.81. The lowest BCUT2D eigenvalue weighted by Crippen LogP contribution is -2.31. The Bertz CT molecular complexity index is 564. The highest BCUT2D eigenvalue weighted by molar-refractivity contribution is 7.10. The summed E-state index contributed by atoms with van der Waals surface area (Å²) < 4.78 is 0. The maximum atomic E-state index is 12.5. The van der Waals surface area contributed by atoms with E-state index in [1.807, 2.05) is 42.8 Å². The standard InChI is InChI=1S/C16H20N2OS/c1-11(2)15(14-9-6-10-20-14)18-16(19)12-7-4-5-8-13(12)17-3/h4-11,15,17H,1-3H3,(H,18,19). The molecule has 0 radical (unpaired) electrons. The molecule has 1 aromatic carbocycles. The van der Waals surface area contributed by atoms with Crippen molar-refractivity contribution in [2.45, 2.75) is 19.9 Å². The van der Waals surface area contributed by atoms with Crippen LogP contribution in [0.1, 0.15) is 35.1 Å². The number of hydrogen-bond donors (Lipinski definition) is 2. The fraction of sp³-hybridized carbons (Fsp3) is 0.312. The average molecular weight is 288 g/mol. The van der Waals surface area contributed by atoms with E-state index in [9.17, 15) is 4.79 Å². The first-order valence-corrected chi connectivity index (χ1v) is 7.62.